The van der Waals surface area contributed by atoms with Gasteiger partial charge < -0.3 is 5.32 Å². The van der Waals surface area contributed by atoms with E-state index in [1.165, 1.54) is 0 Å². The minimum absolute atomic E-state index is 0.00516. The van der Waals surface area contributed by atoms with Crippen LogP contribution in [0.3, 0.4) is 0 Å². The van der Waals surface area contributed by atoms with Crippen molar-refractivity contribution in [2.45, 2.75) is 27.7 Å². The van der Waals surface area contributed by atoms with Crippen LogP contribution in [0, 0.1) is 14.9 Å². The van der Waals surface area contributed by atoms with Crippen LogP contribution in [0.2, 0.25) is 0 Å². The standard InChI is InChI=1S/C14H19BrINO/c1-9(2)14(3,4)8-17-13(18)11-7-10(15)5-6-12(11)16/h5-7,9H,8H2,1-4H3,(H,17,18). The van der Waals surface area contributed by atoms with Gasteiger partial charge in [-0.1, -0.05) is 43.6 Å². The van der Waals surface area contributed by atoms with Crippen molar-refractivity contribution < 1.29 is 4.79 Å². The lowest BCUT2D eigenvalue weighted by molar-refractivity contribution is 0.0924. The quantitative estimate of drug-likeness (QED) is 0.711. The topological polar surface area (TPSA) is 29.1 Å². The number of amides is 1. The Morgan fingerprint density at radius 1 is 1.44 bits per heavy atom. The second-order valence-electron chi connectivity index (χ2n) is 5.45. The van der Waals surface area contributed by atoms with Crippen molar-refractivity contribution in [3.63, 3.8) is 0 Å². The van der Waals surface area contributed by atoms with Crippen molar-refractivity contribution in [1.82, 2.24) is 5.32 Å². The molecule has 0 bridgehead atoms. The van der Waals surface area contributed by atoms with Crippen LogP contribution in [0.5, 0.6) is 0 Å². The summed E-state index contributed by atoms with van der Waals surface area (Å²) in [6.45, 7) is 9.38. The molecule has 0 aromatic heterocycles. The monoisotopic (exact) mass is 423 g/mol. The molecule has 1 N–H and O–H groups in total. The Labute approximate surface area is 131 Å². The van der Waals surface area contributed by atoms with E-state index in [-0.39, 0.29) is 11.3 Å². The smallest absolute Gasteiger partial charge is 0.252 e. The van der Waals surface area contributed by atoms with Gasteiger partial charge in [0, 0.05) is 14.6 Å². The van der Waals surface area contributed by atoms with Crippen LogP contribution in [-0.2, 0) is 0 Å². The normalized spacial score (nSPS) is 11.7. The fraction of sp³-hybridized carbons (Fsp3) is 0.500. The molecule has 0 aliphatic heterocycles. The number of rotatable bonds is 4. The Morgan fingerprint density at radius 2 is 2.06 bits per heavy atom. The summed E-state index contributed by atoms with van der Waals surface area (Å²) in [4.78, 5) is 12.2. The van der Waals surface area contributed by atoms with Gasteiger partial charge >= 0.3 is 0 Å². The number of carbonyl (C=O) groups is 1. The number of halogens is 2. The molecule has 0 unspecified atom stereocenters. The first-order valence-corrected chi connectivity index (χ1v) is 7.84. The number of hydrogen-bond acceptors (Lipinski definition) is 1. The molecule has 1 rings (SSSR count). The van der Waals surface area contributed by atoms with Crippen molar-refractivity contribution >= 4 is 44.4 Å². The molecule has 0 heterocycles. The maximum Gasteiger partial charge on any atom is 0.252 e. The number of carbonyl (C=O) groups excluding carboxylic acids is 1. The van der Waals surface area contributed by atoms with Crippen molar-refractivity contribution in [1.29, 1.82) is 0 Å². The van der Waals surface area contributed by atoms with Gasteiger partial charge in [-0.15, -0.1) is 0 Å². The van der Waals surface area contributed by atoms with Gasteiger partial charge in [-0.25, -0.2) is 0 Å². The Bertz CT molecular complexity index is 443. The molecule has 0 saturated heterocycles. The van der Waals surface area contributed by atoms with E-state index >= 15 is 0 Å². The van der Waals surface area contributed by atoms with Crippen molar-refractivity contribution in [3.8, 4) is 0 Å². The Morgan fingerprint density at radius 3 is 2.61 bits per heavy atom. The molecule has 2 nitrogen and oxygen atoms in total. The van der Waals surface area contributed by atoms with E-state index in [0.29, 0.717) is 12.5 Å². The van der Waals surface area contributed by atoms with Gasteiger partial charge in [0.2, 0.25) is 0 Å². The molecule has 0 fully saturated rings. The van der Waals surface area contributed by atoms with Gasteiger partial charge in [-0.2, -0.15) is 0 Å². The molecule has 1 aromatic rings. The van der Waals surface area contributed by atoms with Gasteiger partial charge in [-0.05, 0) is 52.1 Å². The van der Waals surface area contributed by atoms with Crippen LogP contribution >= 0.6 is 38.5 Å². The largest absolute Gasteiger partial charge is 0.351 e. The summed E-state index contributed by atoms with van der Waals surface area (Å²) in [6, 6.07) is 5.74. The molecule has 0 aliphatic carbocycles. The highest BCUT2D eigenvalue weighted by Gasteiger charge is 2.23. The van der Waals surface area contributed by atoms with Gasteiger partial charge in [0.15, 0.2) is 0 Å². The number of hydrogen-bond donors (Lipinski definition) is 1. The van der Waals surface area contributed by atoms with E-state index in [1.807, 2.05) is 18.2 Å². The highest BCUT2D eigenvalue weighted by molar-refractivity contribution is 14.1. The molecular formula is C14H19BrINO. The molecule has 0 radical (unpaired) electrons. The van der Waals surface area contributed by atoms with Crippen LogP contribution in [0.1, 0.15) is 38.1 Å². The van der Waals surface area contributed by atoms with E-state index in [9.17, 15) is 4.79 Å². The SMILES string of the molecule is CC(C)C(C)(C)CNC(=O)c1cc(Br)ccc1I. The molecular weight excluding hydrogens is 405 g/mol. The van der Waals surface area contributed by atoms with E-state index in [2.05, 4.69) is 71.5 Å². The van der Waals surface area contributed by atoms with E-state index in [4.69, 9.17) is 0 Å². The minimum Gasteiger partial charge on any atom is -0.351 e. The van der Waals surface area contributed by atoms with Crippen molar-refractivity contribution in [2.75, 3.05) is 6.54 Å². The minimum atomic E-state index is -0.00516. The van der Waals surface area contributed by atoms with Gasteiger partial charge in [-0.3, -0.25) is 4.79 Å². The number of nitrogens with one attached hydrogen (secondary N) is 1. The van der Waals surface area contributed by atoms with Crippen LogP contribution < -0.4 is 5.32 Å². The van der Waals surface area contributed by atoms with Crippen molar-refractivity contribution in [2.24, 2.45) is 11.3 Å². The third-order valence-electron chi connectivity index (χ3n) is 3.44. The average molecular weight is 424 g/mol. The first-order valence-electron chi connectivity index (χ1n) is 5.97. The van der Waals surface area contributed by atoms with Crippen LogP contribution in [0.25, 0.3) is 0 Å². The maximum atomic E-state index is 12.2. The van der Waals surface area contributed by atoms with Crippen LogP contribution in [-0.4, -0.2) is 12.5 Å². The predicted molar refractivity (Wildman–Crippen MR) is 87.8 cm³/mol. The highest BCUT2D eigenvalue weighted by atomic mass is 127. The molecule has 18 heavy (non-hydrogen) atoms. The zero-order valence-corrected chi connectivity index (χ0v) is 14.9. The molecule has 1 amide bonds. The summed E-state index contributed by atoms with van der Waals surface area (Å²) >= 11 is 5.58. The van der Waals surface area contributed by atoms with Crippen LogP contribution in [0.4, 0.5) is 0 Å². The summed E-state index contributed by atoms with van der Waals surface area (Å²) in [5.74, 6) is 0.522. The van der Waals surface area contributed by atoms with E-state index < -0.39 is 0 Å². The molecule has 0 atom stereocenters. The fourth-order valence-electron chi connectivity index (χ4n) is 1.28. The van der Waals surface area contributed by atoms with Gasteiger partial charge in [0.25, 0.3) is 5.91 Å². The zero-order chi connectivity index (χ0) is 13.9. The Balaban J connectivity index is 2.75. The number of benzene rings is 1. The average Bonchev–Trinajstić information content (AvgIpc) is 2.29. The van der Waals surface area contributed by atoms with Crippen molar-refractivity contribution in [3.05, 3.63) is 31.8 Å². The lowest BCUT2D eigenvalue weighted by Gasteiger charge is -2.29. The maximum absolute atomic E-state index is 12.2. The second kappa shape index (κ2) is 6.37. The Kier molecular flexibility index (Phi) is 5.65. The van der Waals surface area contributed by atoms with E-state index in [0.717, 1.165) is 13.6 Å². The predicted octanol–water partition coefficient (Wildman–Crippen LogP) is 4.47. The summed E-state index contributed by atoms with van der Waals surface area (Å²) in [6.07, 6.45) is 0. The lowest BCUT2D eigenvalue weighted by atomic mass is 9.81. The zero-order valence-electron chi connectivity index (χ0n) is 11.2. The molecule has 0 aliphatic rings. The summed E-state index contributed by atoms with van der Waals surface area (Å²) in [7, 11) is 0. The second-order valence-corrected chi connectivity index (χ2v) is 7.53. The highest BCUT2D eigenvalue weighted by Crippen LogP contribution is 2.25. The molecule has 0 spiro atoms. The van der Waals surface area contributed by atoms with Gasteiger partial charge in [0.1, 0.15) is 0 Å². The first kappa shape index (κ1) is 16.0. The van der Waals surface area contributed by atoms with E-state index in [1.54, 1.807) is 0 Å². The van der Waals surface area contributed by atoms with Crippen LogP contribution in [0.15, 0.2) is 22.7 Å². The molecule has 4 heteroatoms. The third-order valence-corrected chi connectivity index (χ3v) is 4.87. The Hall–Kier alpha value is -0.100. The summed E-state index contributed by atoms with van der Waals surface area (Å²) in [5, 5.41) is 3.02. The molecule has 0 saturated carbocycles. The summed E-state index contributed by atoms with van der Waals surface area (Å²) < 4.78 is 1.90. The fourth-order valence-corrected chi connectivity index (χ4v) is 2.22. The lowest BCUT2D eigenvalue weighted by Crippen LogP contribution is -2.37. The summed E-state index contributed by atoms with van der Waals surface area (Å²) in [5.41, 5.74) is 0.831. The molecule has 100 valence electrons. The molecule has 1 aromatic carbocycles. The van der Waals surface area contributed by atoms with Gasteiger partial charge in [0.05, 0.1) is 5.56 Å². The third kappa shape index (κ3) is 4.23. The first-order chi connectivity index (χ1) is 8.24.